The van der Waals surface area contributed by atoms with E-state index in [9.17, 15) is 9.59 Å². The Morgan fingerprint density at radius 2 is 2.00 bits per heavy atom. The summed E-state index contributed by atoms with van der Waals surface area (Å²) in [5.74, 6) is 0.446. The molecule has 1 N–H and O–H groups in total. The molecule has 0 spiro atoms. The van der Waals surface area contributed by atoms with Crippen molar-refractivity contribution in [3.05, 3.63) is 0 Å². The number of piperazine rings is 1. The first kappa shape index (κ1) is 14.8. The summed E-state index contributed by atoms with van der Waals surface area (Å²) in [6.45, 7) is 8.80. The molecule has 0 aromatic heterocycles. The van der Waals surface area contributed by atoms with Crippen LogP contribution in [0.4, 0.5) is 0 Å². The molecule has 5 nitrogen and oxygen atoms in total. The Morgan fingerprint density at radius 1 is 1.33 bits per heavy atom. The van der Waals surface area contributed by atoms with Crippen LogP contribution in [-0.2, 0) is 14.3 Å². The van der Waals surface area contributed by atoms with Crippen molar-refractivity contribution in [2.24, 2.45) is 11.3 Å². The highest BCUT2D eigenvalue weighted by atomic mass is 16.5. The van der Waals surface area contributed by atoms with Gasteiger partial charge < -0.3 is 15.0 Å². The normalized spacial score (nSPS) is 39.0. The summed E-state index contributed by atoms with van der Waals surface area (Å²) in [6, 6.07) is -0.571. The highest BCUT2D eigenvalue weighted by molar-refractivity contribution is 5.97. The first-order valence-corrected chi connectivity index (χ1v) is 8.12. The third-order valence-electron chi connectivity index (χ3n) is 5.54. The molecule has 0 aromatic rings. The maximum absolute atomic E-state index is 12.8. The average molecular weight is 294 g/mol. The van der Waals surface area contributed by atoms with Gasteiger partial charge in [-0.25, -0.2) is 0 Å². The maximum atomic E-state index is 12.8. The van der Waals surface area contributed by atoms with E-state index in [1.165, 1.54) is 0 Å². The zero-order valence-corrected chi connectivity index (χ0v) is 13.4. The molecule has 1 heterocycles. The highest BCUT2D eigenvalue weighted by Gasteiger charge is 2.57. The Morgan fingerprint density at radius 3 is 2.52 bits per heavy atom. The summed E-state index contributed by atoms with van der Waals surface area (Å²) >= 11 is 0. The largest absolute Gasteiger partial charge is 0.378 e. The lowest BCUT2D eigenvalue weighted by Crippen LogP contribution is -2.72. The second kappa shape index (κ2) is 4.97. The van der Waals surface area contributed by atoms with Gasteiger partial charge in [-0.3, -0.25) is 9.59 Å². The summed E-state index contributed by atoms with van der Waals surface area (Å²) < 4.78 is 5.76. The number of nitrogens with one attached hydrogen (secondary N) is 1. The molecule has 1 aliphatic heterocycles. The van der Waals surface area contributed by atoms with Crippen LogP contribution in [0.2, 0.25) is 0 Å². The predicted molar refractivity (Wildman–Crippen MR) is 78.6 cm³/mol. The van der Waals surface area contributed by atoms with Crippen molar-refractivity contribution in [3.8, 4) is 0 Å². The first-order chi connectivity index (χ1) is 9.87. The van der Waals surface area contributed by atoms with Gasteiger partial charge in [0.1, 0.15) is 12.1 Å². The monoisotopic (exact) mass is 294 g/mol. The second-order valence-electron chi connectivity index (χ2n) is 7.26. The molecule has 118 valence electrons. The van der Waals surface area contributed by atoms with Crippen LogP contribution in [0.1, 0.15) is 47.0 Å². The van der Waals surface area contributed by atoms with Gasteiger partial charge in [-0.05, 0) is 39.0 Å². The minimum Gasteiger partial charge on any atom is -0.378 e. The number of hydrogen-bond donors (Lipinski definition) is 1. The minimum absolute atomic E-state index is 0.0119. The average Bonchev–Trinajstić information content (AvgIpc) is 3.25. The van der Waals surface area contributed by atoms with Gasteiger partial charge in [0.15, 0.2) is 0 Å². The number of rotatable bonds is 4. The van der Waals surface area contributed by atoms with E-state index in [0.29, 0.717) is 12.5 Å². The lowest BCUT2D eigenvalue weighted by Gasteiger charge is -2.58. The molecule has 3 rings (SSSR count). The predicted octanol–water partition coefficient (Wildman–Crippen LogP) is 1.32. The van der Waals surface area contributed by atoms with Crippen LogP contribution < -0.4 is 5.32 Å². The third kappa shape index (κ3) is 2.26. The fourth-order valence-electron chi connectivity index (χ4n) is 3.81. The molecular formula is C16H26N2O3. The zero-order valence-electron chi connectivity index (χ0n) is 13.4. The van der Waals surface area contributed by atoms with E-state index in [-0.39, 0.29) is 41.5 Å². The summed E-state index contributed by atoms with van der Waals surface area (Å²) in [4.78, 5) is 26.9. The Labute approximate surface area is 126 Å². The zero-order chi connectivity index (χ0) is 15.4. The number of carbonyl (C=O) groups is 2. The third-order valence-corrected chi connectivity index (χ3v) is 5.54. The van der Waals surface area contributed by atoms with Crippen LogP contribution >= 0.6 is 0 Å². The highest BCUT2D eigenvalue weighted by Crippen LogP contribution is 2.48. The van der Waals surface area contributed by atoms with Gasteiger partial charge in [0.25, 0.3) is 0 Å². The lowest BCUT2D eigenvalue weighted by atomic mass is 9.63. The summed E-state index contributed by atoms with van der Waals surface area (Å²) in [5, 5.41) is 2.91. The number of ether oxygens (including phenoxy) is 1. The number of nitrogens with zero attached hydrogens (tertiary/aromatic N) is 1. The van der Waals surface area contributed by atoms with Gasteiger partial charge >= 0.3 is 0 Å². The number of hydrogen-bond acceptors (Lipinski definition) is 3. The molecule has 4 atom stereocenters. The molecule has 3 fully saturated rings. The number of carbonyl (C=O) groups excluding carboxylic acids is 2. The molecule has 5 heteroatoms. The van der Waals surface area contributed by atoms with Gasteiger partial charge in [0.2, 0.25) is 11.8 Å². The Hall–Kier alpha value is -1.10. The molecule has 4 unspecified atom stereocenters. The Balaban J connectivity index is 1.79. The van der Waals surface area contributed by atoms with Crippen molar-refractivity contribution >= 4 is 11.8 Å². The van der Waals surface area contributed by atoms with Crippen molar-refractivity contribution in [3.63, 3.8) is 0 Å². The van der Waals surface area contributed by atoms with Crippen molar-refractivity contribution < 1.29 is 14.3 Å². The molecule has 1 saturated heterocycles. The van der Waals surface area contributed by atoms with Gasteiger partial charge in [-0.2, -0.15) is 0 Å². The topological polar surface area (TPSA) is 58.6 Å². The van der Waals surface area contributed by atoms with E-state index in [1.54, 1.807) is 0 Å². The fourth-order valence-corrected chi connectivity index (χ4v) is 3.81. The van der Waals surface area contributed by atoms with Gasteiger partial charge in [-0.1, -0.05) is 13.8 Å². The lowest BCUT2D eigenvalue weighted by molar-refractivity contribution is -0.182. The van der Waals surface area contributed by atoms with Gasteiger partial charge in [-0.15, -0.1) is 0 Å². The first-order valence-electron chi connectivity index (χ1n) is 8.12. The van der Waals surface area contributed by atoms with E-state index in [2.05, 4.69) is 19.2 Å². The minimum atomic E-state index is -0.376. The van der Waals surface area contributed by atoms with Crippen molar-refractivity contribution in [1.82, 2.24) is 10.2 Å². The van der Waals surface area contributed by atoms with Crippen molar-refractivity contribution in [1.29, 1.82) is 0 Å². The Bertz CT molecular complexity index is 458. The van der Waals surface area contributed by atoms with Crippen LogP contribution in [0.3, 0.4) is 0 Å². The maximum Gasteiger partial charge on any atom is 0.246 e. The molecule has 0 radical (unpaired) electrons. The molecule has 21 heavy (non-hydrogen) atoms. The quantitative estimate of drug-likeness (QED) is 0.850. The molecule has 3 aliphatic rings. The second-order valence-corrected chi connectivity index (χ2v) is 7.26. The van der Waals surface area contributed by atoms with Crippen molar-refractivity contribution in [2.45, 2.75) is 71.2 Å². The summed E-state index contributed by atoms with van der Waals surface area (Å²) in [6.07, 6.45) is 3.11. The molecule has 2 aliphatic carbocycles. The van der Waals surface area contributed by atoms with Gasteiger partial charge in [0, 0.05) is 18.1 Å². The fraction of sp³-hybridized carbons (Fsp3) is 0.875. The van der Waals surface area contributed by atoms with Crippen LogP contribution in [0, 0.1) is 11.3 Å². The van der Waals surface area contributed by atoms with E-state index in [1.807, 2.05) is 18.7 Å². The summed E-state index contributed by atoms with van der Waals surface area (Å²) in [5.41, 5.74) is -0.0916. The Kier molecular flexibility index (Phi) is 3.51. The standard InChI is InChI=1S/C16H26N2O3/c1-5-21-12-8-11(16(12,3)4)18-9(2)14(19)17-13(15(18)20)10-6-7-10/h9-13H,5-8H2,1-4H3,(H,17,19). The summed E-state index contributed by atoms with van der Waals surface area (Å²) in [7, 11) is 0. The van der Waals surface area contributed by atoms with E-state index in [4.69, 9.17) is 4.74 Å². The number of amides is 2. The molecular weight excluding hydrogens is 268 g/mol. The molecule has 2 amide bonds. The van der Waals surface area contributed by atoms with Crippen LogP contribution in [-0.4, -0.2) is 47.6 Å². The van der Waals surface area contributed by atoms with Crippen LogP contribution in [0.15, 0.2) is 0 Å². The van der Waals surface area contributed by atoms with E-state index >= 15 is 0 Å². The molecule has 0 bridgehead atoms. The molecule has 0 aromatic carbocycles. The van der Waals surface area contributed by atoms with E-state index < -0.39 is 0 Å². The smallest absolute Gasteiger partial charge is 0.246 e. The van der Waals surface area contributed by atoms with Crippen LogP contribution in [0.5, 0.6) is 0 Å². The van der Waals surface area contributed by atoms with Gasteiger partial charge in [0.05, 0.1) is 6.10 Å². The van der Waals surface area contributed by atoms with Crippen molar-refractivity contribution in [2.75, 3.05) is 6.61 Å². The van der Waals surface area contributed by atoms with E-state index in [0.717, 1.165) is 19.3 Å². The SMILES string of the molecule is CCOC1CC(N2C(=O)C(C3CC3)NC(=O)C2C)C1(C)C. The molecule has 2 saturated carbocycles. The van der Waals surface area contributed by atoms with Crippen LogP contribution in [0.25, 0.3) is 0 Å².